The molecule has 3 rings (SSSR count). The summed E-state index contributed by atoms with van der Waals surface area (Å²) in [6, 6.07) is 16.8. The molecule has 0 unspecified atom stereocenters. The van der Waals surface area contributed by atoms with Gasteiger partial charge < -0.3 is 9.84 Å². The molecule has 5 heteroatoms. The second kappa shape index (κ2) is 6.58. The zero-order chi connectivity index (χ0) is 17.1. The molecule has 0 aliphatic carbocycles. The van der Waals surface area contributed by atoms with Crippen LogP contribution in [0.5, 0.6) is 5.75 Å². The third-order valence-corrected chi connectivity index (χ3v) is 3.77. The summed E-state index contributed by atoms with van der Waals surface area (Å²) in [6.45, 7) is 4.29. The van der Waals surface area contributed by atoms with Crippen LogP contribution in [0.2, 0.25) is 0 Å². The summed E-state index contributed by atoms with van der Waals surface area (Å²) >= 11 is 0. The van der Waals surface area contributed by atoms with Gasteiger partial charge in [0.1, 0.15) is 17.0 Å². The summed E-state index contributed by atoms with van der Waals surface area (Å²) in [7, 11) is 0. The van der Waals surface area contributed by atoms with Crippen molar-refractivity contribution in [2.24, 2.45) is 0 Å². The van der Waals surface area contributed by atoms with Gasteiger partial charge in [0.15, 0.2) is 0 Å². The summed E-state index contributed by atoms with van der Waals surface area (Å²) in [5.74, 6) is -0.212. The number of hydrogen-bond acceptors (Lipinski definition) is 3. The van der Waals surface area contributed by atoms with Crippen molar-refractivity contribution in [3.63, 3.8) is 0 Å². The molecule has 0 saturated heterocycles. The molecule has 0 aliphatic heterocycles. The molecular weight excluding hydrogens is 304 g/mol. The van der Waals surface area contributed by atoms with E-state index in [4.69, 9.17) is 4.74 Å². The van der Waals surface area contributed by atoms with E-state index in [2.05, 4.69) is 5.10 Å². The maximum absolute atomic E-state index is 11.7. The van der Waals surface area contributed by atoms with Crippen molar-refractivity contribution in [1.29, 1.82) is 0 Å². The van der Waals surface area contributed by atoms with Gasteiger partial charge in [0.2, 0.25) is 0 Å². The number of aromatic nitrogens is 2. The molecule has 5 nitrogen and oxygen atoms in total. The zero-order valence-corrected chi connectivity index (χ0v) is 13.6. The molecule has 0 saturated carbocycles. The van der Waals surface area contributed by atoms with Crippen LogP contribution in [-0.2, 0) is 0 Å². The van der Waals surface area contributed by atoms with Gasteiger partial charge in [0.05, 0.1) is 18.0 Å². The number of aromatic carboxylic acids is 1. The van der Waals surface area contributed by atoms with Crippen LogP contribution < -0.4 is 4.74 Å². The second-order valence-electron chi connectivity index (χ2n) is 5.32. The van der Waals surface area contributed by atoms with Gasteiger partial charge in [-0.2, -0.15) is 5.10 Å². The third kappa shape index (κ3) is 2.88. The lowest BCUT2D eigenvalue weighted by atomic mass is 10.1. The van der Waals surface area contributed by atoms with Crippen LogP contribution >= 0.6 is 0 Å². The SMILES string of the molecule is CCOc1ccc(-n2nc(-c3ccccc3)c(C(=O)O)c2C)cc1. The van der Waals surface area contributed by atoms with Crippen molar-refractivity contribution in [3.05, 3.63) is 65.9 Å². The first kappa shape index (κ1) is 15.8. The Morgan fingerprint density at radius 2 is 1.79 bits per heavy atom. The van der Waals surface area contributed by atoms with Gasteiger partial charge >= 0.3 is 5.97 Å². The van der Waals surface area contributed by atoms with Crippen LogP contribution in [0.15, 0.2) is 54.6 Å². The molecule has 122 valence electrons. The normalized spacial score (nSPS) is 10.6. The maximum atomic E-state index is 11.7. The fraction of sp³-hybridized carbons (Fsp3) is 0.158. The Balaban J connectivity index is 2.11. The molecule has 24 heavy (non-hydrogen) atoms. The largest absolute Gasteiger partial charge is 0.494 e. The topological polar surface area (TPSA) is 64.4 Å². The summed E-state index contributed by atoms with van der Waals surface area (Å²) in [4.78, 5) is 11.7. The van der Waals surface area contributed by atoms with E-state index in [0.29, 0.717) is 18.0 Å². The molecule has 0 atom stereocenters. The Hall–Kier alpha value is -3.08. The van der Waals surface area contributed by atoms with E-state index >= 15 is 0 Å². The van der Waals surface area contributed by atoms with Gasteiger partial charge in [-0.25, -0.2) is 9.48 Å². The summed E-state index contributed by atoms with van der Waals surface area (Å²) in [5, 5.41) is 14.2. The number of nitrogens with zero attached hydrogens (tertiary/aromatic N) is 2. The maximum Gasteiger partial charge on any atom is 0.339 e. The predicted molar refractivity (Wildman–Crippen MR) is 91.9 cm³/mol. The lowest BCUT2D eigenvalue weighted by Gasteiger charge is -2.06. The Kier molecular flexibility index (Phi) is 4.33. The number of carboxylic acid groups (broad SMARTS) is 1. The number of benzene rings is 2. The second-order valence-corrected chi connectivity index (χ2v) is 5.32. The lowest BCUT2D eigenvalue weighted by molar-refractivity contribution is 0.0697. The van der Waals surface area contributed by atoms with Crippen molar-refractivity contribution in [3.8, 4) is 22.7 Å². The first-order valence-electron chi connectivity index (χ1n) is 7.73. The number of hydrogen-bond donors (Lipinski definition) is 1. The molecule has 3 aromatic rings. The van der Waals surface area contributed by atoms with Gasteiger partial charge in [-0.1, -0.05) is 30.3 Å². The molecule has 0 spiro atoms. The summed E-state index contributed by atoms with van der Waals surface area (Å²) in [6.07, 6.45) is 0. The molecule has 1 aromatic heterocycles. The van der Waals surface area contributed by atoms with Gasteiger partial charge in [-0.15, -0.1) is 0 Å². The monoisotopic (exact) mass is 322 g/mol. The molecule has 1 N–H and O–H groups in total. The molecular formula is C19H18N2O3. The zero-order valence-electron chi connectivity index (χ0n) is 13.6. The Labute approximate surface area is 140 Å². The van der Waals surface area contributed by atoms with Crippen molar-refractivity contribution < 1.29 is 14.6 Å². The lowest BCUT2D eigenvalue weighted by Crippen LogP contribution is -2.02. The molecule has 1 heterocycles. The third-order valence-electron chi connectivity index (χ3n) is 3.77. The van der Waals surface area contributed by atoms with Crippen molar-refractivity contribution in [2.45, 2.75) is 13.8 Å². The van der Waals surface area contributed by atoms with E-state index in [1.807, 2.05) is 61.5 Å². The fourth-order valence-electron chi connectivity index (χ4n) is 2.66. The Bertz CT molecular complexity index is 852. The van der Waals surface area contributed by atoms with Gasteiger partial charge in [0.25, 0.3) is 0 Å². The van der Waals surface area contributed by atoms with E-state index in [9.17, 15) is 9.90 Å². The Morgan fingerprint density at radius 1 is 1.12 bits per heavy atom. The van der Waals surface area contributed by atoms with Crippen molar-refractivity contribution in [1.82, 2.24) is 9.78 Å². The minimum Gasteiger partial charge on any atom is -0.494 e. The molecule has 0 bridgehead atoms. The summed E-state index contributed by atoms with van der Waals surface area (Å²) in [5.41, 5.74) is 2.85. The number of ether oxygens (including phenoxy) is 1. The molecule has 0 radical (unpaired) electrons. The average Bonchev–Trinajstić information content (AvgIpc) is 2.94. The van der Waals surface area contributed by atoms with Crippen LogP contribution in [0.4, 0.5) is 0 Å². The van der Waals surface area contributed by atoms with Gasteiger partial charge in [-0.3, -0.25) is 0 Å². The van der Waals surface area contributed by atoms with Crippen LogP contribution in [0.3, 0.4) is 0 Å². The smallest absolute Gasteiger partial charge is 0.339 e. The van der Waals surface area contributed by atoms with E-state index in [-0.39, 0.29) is 5.56 Å². The van der Waals surface area contributed by atoms with Gasteiger partial charge in [-0.05, 0) is 38.1 Å². The van der Waals surface area contributed by atoms with E-state index in [1.54, 1.807) is 11.6 Å². The number of carbonyl (C=O) groups is 1. The van der Waals surface area contributed by atoms with E-state index in [1.165, 1.54) is 0 Å². The first-order chi connectivity index (χ1) is 11.6. The minimum absolute atomic E-state index is 0.218. The number of rotatable bonds is 5. The fourth-order valence-corrected chi connectivity index (χ4v) is 2.66. The predicted octanol–water partition coefficient (Wildman–Crippen LogP) is 3.94. The highest BCUT2D eigenvalue weighted by Gasteiger charge is 2.22. The molecule has 0 aliphatic rings. The quantitative estimate of drug-likeness (QED) is 0.772. The summed E-state index contributed by atoms with van der Waals surface area (Å²) < 4.78 is 7.09. The van der Waals surface area contributed by atoms with E-state index in [0.717, 1.165) is 17.0 Å². The van der Waals surface area contributed by atoms with Crippen LogP contribution in [0, 0.1) is 6.92 Å². The molecule has 2 aromatic carbocycles. The average molecular weight is 322 g/mol. The highest BCUT2D eigenvalue weighted by atomic mass is 16.5. The first-order valence-corrected chi connectivity index (χ1v) is 7.73. The van der Waals surface area contributed by atoms with Gasteiger partial charge in [0, 0.05) is 5.56 Å². The van der Waals surface area contributed by atoms with Crippen molar-refractivity contribution in [2.75, 3.05) is 6.61 Å². The molecule has 0 amide bonds. The minimum atomic E-state index is -0.983. The van der Waals surface area contributed by atoms with Crippen LogP contribution in [-0.4, -0.2) is 27.5 Å². The van der Waals surface area contributed by atoms with Crippen molar-refractivity contribution >= 4 is 5.97 Å². The standard InChI is InChI=1S/C19H18N2O3/c1-3-24-16-11-9-15(10-12-16)21-13(2)17(19(22)23)18(20-21)14-7-5-4-6-8-14/h4-12H,3H2,1-2H3,(H,22,23). The highest BCUT2D eigenvalue weighted by Crippen LogP contribution is 2.27. The van der Waals surface area contributed by atoms with E-state index < -0.39 is 5.97 Å². The Morgan fingerprint density at radius 3 is 2.38 bits per heavy atom. The van der Waals surface area contributed by atoms with Crippen LogP contribution in [0.1, 0.15) is 23.0 Å². The van der Waals surface area contributed by atoms with Crippen LogP contribution in [0.25, 0.3) is 16.9 Å². The molecule has 0 fully saturated rings. The number of carboxylic acids is 1. The highest BCUT2D eigenvalue weighted by molar-refractivity contribution is 5.96.